The van der Waals surface area contributed by atoms with Crippen LogP contribution < -0.4 is 0 Å². The molecule has 1 atom stereocenters. The molecule has 0 spiro atoms. The zero-order chi connectivity index (χ0) is 15.5. The monoisotopic (exact) mass is 350 g/mol. The second-order valence-electron chi connectivity index (χ2n) is 5.23. The van der Waals surface area contributed by atoms with Crippen LogP contribution in [-0.2, 0) is 16.0 Å². The molecule has 1 fully saturated rings. The lowest BCUT2D eigenvalue weighted by atomic mass is 9.97. The number of carbonyl (C=O) groups is 2. The zero-order valence-electron chi connectivity index (χ0n) is 12.3. The van der Waals surface area contributed by atoms with Crippen LogP contribution in [0.25, 0.3) is 0 Å². The van der Waals surface area contributed by atoms with Crippen LogP contribution in [-0.4, -0.2) is 28.2 Å². The Labute approximate surface area is 145 Å². The number of rotatable bonds is 4. The summed E-state index contributed by atoms with van der Waals surface area (Å²) in [6.07, 6.45) is 2.45. The fraction of sp³-hybridized carbons (Fsp3) is 0.235. The molecular formula is C17H16Cl2N2O2. The van der Waals surface area contributed by atoms with Gasteiger partial charge >= 0.3 is 0 Å². The predicted molar refractivity (Wildman–Crippen MR) is 90.7 cm³/mol. The third-order valence-electron chi connectivity index (χ3n) is 3.84. The first-order valence-corrected chi connectivity index (χ1v) is 7.53. The van der Waals surface area contributed by atoms with E-state index in [0.29, 0.717) is 18.0 Å². The molecule has 1 aliphatic heterocycles. The number of hydrogen-bond donors (Lipinski definition) is 0. The Morgan fingerprint density at radius 2 is 1.87 bits per heavy atom. The molecule has 3 rings (SSSR count). The third kappa shape index (κ3) is 3.71. The van der Waals surface area contributed by atoms with Crippen LogP contribution >= 0.6 is 24.0 Å². The Kier molecular flexibility index (Phi) is 5.74. The molecule has 0 radical (unpaired) electrons. The van der Waals surface area contributed by atoms with Gasteiger partial charge in [-0.25, -0.2) is 0 Å². The molecule has 1 aliphatic rings. The first-order chi connectivity index (χ1) is 10.7. The van der Waals surface area contributed by atoms with E-state index in [-0.39, 0.29) is 30.6 Å². The van der Waals surface area contributed by atoms with Crippen LogP contribution in [0, 0.1) is 0 Å². The number of aromatic nitrogens is 1. The molecule has 0 bridgehead atoms. The Hall–Kier alpha value is -1.91. The van der Waals surface area contributed by atoms with E-state index in [2.05, 4.69) is 4.98 Å². The van der Waals surface area contributed by atoms with Crippen LogP contribution in [0.1, 0.15) is 23.6 Å². The third-order valence-corrected chi connectivity index (χ3v) is 4.19. The van der Waals surface area contributed by atoms with E-state index < -0.39 is 5.92 Å². The highest BCUT2D eigenvalue weighted by Gasteiger charge is 2.39. The summed E-state index contributed by atoms with van der Waals surface area (Å²) < 4.78 is 0. The lowest BCUT2D eigenvalue weighted by Gasteiger charge is -2.15. The van der Waals surface area contributed by atoms with E-state index in [0.717, 1.165) is 11.3 Å². The van der Waals surface area contributed by atoms with Crippen molar-refractivity contribution < 1.29 is 9.59 Å². The number of likely N-dealkylation sites (tertiary alicyclic amines) is 1. The number of carbonyl (C=O) groups excluding carboxylic acids is 2. The Bertz CT molecular complexity index is 707. The molecule has 2 amide bonds. The molecule has 2 aromatic rings. The largest absolute Gasteiger partial charge is 0.282 e. The minimum Gasteiger partial charge on any atom is -0.282 e. The van der Waals surface area contributed by atoms with Gasteiger partial charge in [0.15, 0.2) is 0 Å². The van der Waals surface area contributed by atoms with Gasteiger partial charge < -0.3 is 0 Å². The summed E-state index contributed by atoms with van der Waals surface area (Å²) in [5.74, 6) is -0.787. The van der Waals surface area contributed by atoms with Gasteiger partial charge in [0.25, 0.3) is 0 Å². The molecule has 0 aliphatic carbocycles. The lowest BCUT2D eigenvalue weighted by molar-refractivity contribution is -0.138. The summed E-state index contributed by atoms with van der Waals surface area (Å²) in [5, 5.41) is 0.528. The Balaban J connectivity index is 0.00000192. The smallest absolute Gasteiger partial charge is 0.237 e. The van der Waals surface area contributed by atoms with E-state index in [9.17, 15) is 9.59 Å². The summed E-state index contributed by atoms with van der Waals surface area (Å²) in [7, 11) is 0. The van der Waals surface area contributed by atoms with Gasteiger partial charge in [0.1, 0.15) is 0 Å². The van der Waals surface area contributed by atoms with Crippen molar-refractivity contribution in [2.24, 2.45) is 0 Å². The Morgan fingerprint density at radius 3 is 2.57 bits per heavy atom. The van der Waals surface area contributed by atoms with Crippen LogP contribution in [0.15, 0.2) is 48.7 Å². The highest BCUT2D eigenvalue weighted by Crippen LogP contribution is 2.33. The number of pyridine rings is 1. The molecule has 0 N–H and O–H groups in total. The highest BCUT2D eigenvalue weighted by atomic mass is 35.5. The van der Waals surface area contributed by atoms with Gasteiger partial charge in [-0.15, -0.1) is 12.4 Å². The maximum atomic E-state index is 12.5. The first kappa shape index (κ1) is 17.4. The second kappa shape index (κ2) is 7.57. The van der Waals surface area contributed by atoms with E-state index in [4.69, 9.17) is 11.6 Å². The zero-order valence-corrected chi connectivity index (χ0v) is 13.9. The molecule has 6 heteroatoms. The van der Waals surface area contributed by atoms with E-state index >= 15 is 0 Å². The van der Waals surface area contributed by atoms with Gasteiger partial charge in [-0.3, -0.25) is 19.5 Å². The summed E-state index contributed by atoms with van der Waals surface area (Å²) in [6, 6.07) is 12.8. The van der Waals surface area contributed by atoms with Gasteiger partial charge in [0.05, 0.1) is 5.92 Å². The summed E-state index contributed by atoms with van der Waals surface area (Å²) in [4.78, 5) is 30.2. The molecule has 1 aromatic carbocycles. The number of imide groups is 1. The molecule has 2 heterocycles. The fourth-order valence-corrected chi connectivity index (χ4v) is 2.96. The van der Waals surface area contributed by atoms with Crippen LogP contribution in [0.3, 0.4) is 0 Å². The standard InChI is InChI=1S/C17H15ClN2O2.ClH/c18-15-7-2-1-6-13(15)14-11-16(21)20(17(14)22)10-8-12-5-3-4-9-19-12;/h1-7,9,14H,8,10-11H2;1H. The molecule has 0 saturated carbocycles. The van der Waals surface area contributed by atoms with Crippen molar-refractivity contribution in [3.63, 3.8) is 0 Å². The number of halogens is 2. The maximum Gasteiger partial charge on any atom is 0.237 e. The minimum atomic E-state index is -0.468. The van der Waals surface area contributed by atoms with Crippen LogP contribution in [0.4, 0.5) is 0 Å². The van der Waals surface area contributed by atoms with Crippen molar-refractivity contribution >= 4 is 35.8 Å². The quantitative estimate of drug-likeness (QED) is 0.795. The van der Waals surface area contributed by atoms with Crippen molar-refractivity contribution in [1.29, 1.82) is 0 Å². The van der Waals surface area contributed by atoms with Crippen molar-refractivity contribution in [3.8, 4) is 0 Å². The predicted octanol–water partition coefficient (Wildman–Crippen LogP) is 3.24. The maximum absolute atomic E-state index is 12.5. The molecule has 120 valence electrons. The van der Waals surface area contributed by atoms with Gasteiger partial charge in [-0.1, -0.05) is 35.9 Å². The normalized spacial score (nSPS) is 17.3. The van der Waals surface area contributed by atoms with Crippen molar-refractivity contribution in [3.05, 3.63) is 64.9 Å². The summed E-state index contributed by atoms with van der Waals surface area (Å²) >= 11 is 6.15. The first-order valence-electron chi connectivity index (χ1n) is 7.15. The second-order valence-corrected chi connectivity index (χ2v) is 5.64. The van der Waals surface area contributed by atoms with E-state index in [1.54, 1.807) is 18.3 Å². The minimum absolute atomic E-state index is 0. The van der Waals surface area contributed by atoms with Crippen LogP contribution in [0.2, 0.25) is 5.02 Å². The summed E-state index contributed by atoms with van der Waals surface area (Å²) in [5.41, 5.74) is 1.59. The fourth-order valence-electron chi connectivity index (χ4n) is 2.69. The van der Waals surface area contributed by atoms with E-state index in [1.165, 1.54) is 4.90 Å². The lowest BCUT2D eigenvalue weighted by Crippen LogP contribution is -2.32. The van der Waals surface area contributed by atoms with Crippen molar-refractivity contribution in [2.75, 3.05) is 6.54 Å². The van der Waals surface area contributed by atoms with Crippen molar-refractivity contribution in [1.82, 2.24) is 9.88 Å². The van der Waals surface area contributed by atoms with Crippen LogP contribution in [0.5, 0.6) is 0 Å². The topological polar surface area (TPSA) is 50.3 Å². The molecule has 23 heavy (non-hydrogen) atoms. The molecule has 4 nitrogen and oxygen atoms in total. The summed E-state index contributed by atoms with van der Waals surface area (Å²) in [6.45, 7) is 0.357. The van der Waals surface area contributed by atoms with E-state index in [1.807, 2.05) is 30.3 Å². The van der Waals surface area contributed by atoms with Gasteiger partial charge in [-0.05, 0) is 23.8 Å². The number of hydrogen-bond acceptors (Lipinski definition) is 3. The number of nitrogens with zero attached hydrogens (tertiary/aromatic N) is 2. The molecule has 1 saturated heterocycles. The molecule has 1 aromatic heterocycles. The van der Waals surface area contributed by atoms with Gasteiger partial charge in [-0.2, -0.15) is 0 Å². The highest BCUT2D eigenvalue weighted by molar-refractivity contribution is 6.31. The Morgan fingerprint density at radius 1 is 1.13 bits per heavy atom. The average molecular weight is 351 g/mol. The number of amides is 2. The average Bonchev–Trinajstić information content (AvgIpc) is 2.81. The molecule has 1 unspecified atom stereocenters. The van der Waals surface area contributed by atoms with Gasteiger partial charge in [0, 0.05) is 36.3 Å². The number of benzene rings is 1. The molecular weight excluding hydrogens is 335 g/mol. The van der Waals surface area contributed by atoms with Gasteiger partial charge in [0.2, 0.25) is 11.8 Å². The van der Waals surface area contributed by atoms with Crippen molar-refractivity contribution in [2.45, 2.75) is 18.8 Å². The SMILES string of the molecule is Cl.O=C1CC(c2ccccc2Cl)C(=O)N1CCc1ccccn1.